The van der Waals surface area contributed by atoms with Crippen LogP contribution in [-0.4, -0.2) is 10.9 Å². The van der Waals surface area contributed by atoms with Crippen LogP contribution in [0.2, 0.25) is 0 Å². The van der Waals surface area contributed by atoms with Gasteiger partial charge in [0.25, 0.3) is 5.91 Å². The van der Waals surface area contributed by atoms with Gasteiger partial charge in [0.05, 0.1) is 15.7 Å². The van der Waals surface area contributed by atoms with E-state index in [-0.39, 0.29) is 5.91 Å². The molecular formula is C18H18N2OS. The quantitative estimate of drug-likeness (QED) is 0.740. The Bertz CT molecular complexity index is 857. The summed E-state index contributed by atoms with van der Waals surface area (Å²) < 4.78 is 1.04. The number of carbonyl (C=O) groups excluding carboxylic acids is 1. The molecule has 4 heteroatoms. The van der Waals surface area contributed by atoms with Gasteiger partial charge in [-0.1, -0.05) is 17.7 Å². The SMILES string of the molecule is Cc1cc(C)c(NC(=O)c2cc(C)c3ncsc3c2)c(C)c1. The Balaban J connectivity index is 1.97. The molecule has 0 aliphatic carbocycles. The number of rotatable bonds is 2. The Labute approximate surface area is 134 Å². The molecule has 0 bridgehead atoms. The zero-order valence-electron chi connectivity index (χ0n) is 13.2. The molecule has 1 amide bonds. The zero-order chi connectivity index (χ0) is 15.9. The van der Waals surface area contributed by atoms with Crippen LogP contribution in [0, 0.1) is 27.7 Å². The molecule has 0 fully saturated rings. The van der Waals surface area contributed by atoms with Crippen LogP contribution in [0.3, 0.4) is 0 Å². The number of fused-ring (bicyclic) bond motifs is 1. The third-order valence-corrected chi connectivity index (χ3v) is 4.58. The predicted octanol–water partition coefficient (Wildman–Crippen LogP) is 4.78. The minimum atomic E-state index is -0.0755. The van der Waals surface area contributed by atoms with Gasteiger partial charge in [-0.25, -0.2) is 4.98 Å². The van der Waals surface area contributed by atoms with Gasteiger partial charge in [0, 0.05) is 11.3 Å². The number of carbonyl (C=O) groups is 1. The van der Waals surface area contributed by atoms with Crippen molar-refractivity contribution in [3.05, 3.63) is 57.6 Å². The number of hydrogen-bond donors (Lipinski definition) is 1. The number of thiazole rings is 1. The molecule has 0 saturated carbocycles. The first-order valence-electron chi connectivity index (χ1n) is 7.19. The fraction of sp³-hybridized carbons (Fsp3) is 0.222. The van der Waals surface area contributed by atoms with Gasteiger partial charge in [-0.3, -0.25) is 4.79 Å². The zero-order valence-corrected chi connectivity index (χ0v) is 14.0. The highest BCUT2D eigenvalue weighted by Crippen LogP contribution is 2.26. The van der Waals surface area contributed by atoms with E-state index >= 15 is 0 Å². The molecule has 0 saturated heterocycles. The number of aryl methyl sites for hydroxylation is 4. The van der Waals surface area contributed by atoms with E-state index in [1.54, 1.807) is 11.3 Å². The average molecular weight is 310 g/mol. The van der Waals surface area contributed by atoms with Crippen molar-refractivity contribution in [1.29, 1.82) is 0 Å². The van der Waals surface area contributed by atoms with Crippen molar-refractivity contribution in [3.8, 4) is 0 Å². The molecule has 112 valence electrons. The number of aromatic nitrogens is 1. The smallest absolute Gasteiger partial charge is 0.255 e. The molecule has 0 atom stereocenters. The first-order chi connectivity index (χ1) is 10.5. The molecule has 0 aliphatic heterocycles. The molecule has 1 heterocycles. The molecule has 3 aromatic rings. The summed E-state index contributed by atoms with van der Waals surface area (Å²) in [4.78, 5) is 16.9. The van der Waals surface area contributed by atoms with E-state index in [2.05, 4.69) is 29.4 Å². The Morgan fingerprint density at radius 1 is 1.00 bits per heavy atom. The van der Waals surface area contributed by atoms with Crippen LogP contribution < -0.4 is 5.32 Å². The summed E-state index contributed by atoms with van der Waals surface area (Å²) >= 11 is 1.56. The number of benzene rings is 2. The number of anilines is 1. The van der Waals surface area contributed by atoms with E-state index in [4.69, 9.17) is 0 Å². The van der Waals surface area contributed by atoms with E-state index in [1.807, 2.05) is 38.4 Å². The third-order valence-electron chi connectivity index (χ3n) is 3.80. The van der Waals surface area contributed by atoms with Crippen molar-refractivity contribution in [2.24, 2.45) is 0 Å². The van der Waals surface area contributed by atoms with Crippen molar-refractivity contribution in [1.82, 2.24) is 4.98 Å². The third kappa shape index (κ3) is 2.62. The topological polar surface area (TPSA) is 42.0 Å². The maximum absolute atomic E-state index is 12.6. The molecule has 0 radical (unpaired) electrons. The van der Waals surface area contributed by atoms with Gasteiger partial charge in [0.2, 0.25) is 0 Å². The van der Waals surface area contributed by atoms with Crippen molar-refractivity contribution in [3.63, 3.8) is 0 Å². The summed E-state index contributed by atoms with van der Waals surface area (Å²) in [5, 5.41) is 3.05. The molecule has 22 heavy (non-hydrogen) atoms. The highest BCUT2D eigenvalue weighted by molar-refractivity contribution is 7.16. The fourth-order valence-electron chi connectivity index (χ4n) is 2.83. The first kappa shape index (κ1) is 14.7. The second kappa shape index (κ2) is 5.54. The Morgan fingerprint density at radius 3 is 2.36 bits per heavy atom. The lowest BCUT2D eigenvalue weighted by Gasteiger charge is -2.13. The maximum atomic E-state index is 12.6. The molecule has 3 nitrogen and oxygen atoms in total. The van der Waals surface area contributed by atoms with Crippen LogP contribution in [-0.2, 0) is 0 Å². The van der Waals surface area contributed by atoms with Gasteiger partial charge in [-0.2, -0.15) is 0 Å². The lowest BCUT2D eigenvalue weighted by atomic mass is 10.0. The van der Waals surface area contributed by atoms with Crippen molar-refractivity contribution in [2.45, 2.75) is 27.7 Å². The molecule has 0 spiro atoms. The normalized spacial score (nSPS) is 10.9. The van der Waals surface area contributed by atoms with Gasteiger partial charge >= 0.3 is 0 Å². The van der Waals surface area contributed by atoms with Gasteiger partial charge in [0.15, 0.2) is 0 Å². The van der Waals surface area contributed by atoms with Crippen LogP contribution in [0.1, 0.15) is 32.6 Å². The van der Waals surface area contributed by atoms with Crippen LogP contribution in [0.15, 0.2) is 29.8 Å². The lowest BCUT2D eigenvalue weighted by molar-refractivity contribution is 0.102. The summed E-state index contributed by atoms with van der Waals surface area (Å²) in [7, 11) is 0. The maximum Gasteiger partial charge on any atom is 0.255 e. The minimum Gasteiger partial charge on any atom is -0.322 e. The molecule has 1 N–H and O–H groups in total. The largest absolute Gasteiger partial charge is 0.322 e. The van der Waals surface area contributed by atoms with Crippen molar-refractivity contribution >= 4 is 33.1 Å². The van der Waals surface area contributed by atoms with Crippen molar-refractivity contribution in [2.75, 3.05) is 5.32 Å². The van der Waals surface area contributed by atoms with Crippen LogP contribution in [0.5, 0.6) is 0 Å². The fourth-order valence-corrected chi connectivity index (χ4v) is 3.62. The summed E-state index contributed by atoms with van der Waals surface area (Å²) in [6, 6.07) is 7.98. The standard InChI is InChI=1S/C18H18N2OS/c1-10-5-11(2)16(12(3)6-10)20-18(21)14-7-13(4)17-15(8-14)22-9-19-17/h5-9H,1-4H3,(H,20,21). The van der Waals surface area contributed by atoms with E-state index in [9.17, 15) is 4.79 Å². The first-order valence-corrected chi connectivity index (χ1v) is 8.06. The monoisotopic (exact) mass is 310 g/mol. The number of hydrogen-bond acceptors (Lipinski definition) is 3. The molecular weight excluding hydrogens is 292 g/mol. The summed E-state index contributed by atoms with van der Waals surface area (Å²) in [5.74, 6) is -0.0755. The summed E-state index contributed by atoms with van der Waals surface area (Å²) in [6.45, 7) is 8.09. The summed E-state index contributed by atoms with van der Waals surface area (Å²) in [6.07, 6.45) is 0. The Morgan fingerprint density at radius 2 is 1.68 bits per heavy atom. The van der Waals surface area contributed by atoms with E-state index in [0.717, 1.165) is 32.6 Å². The van der Waals surface area contributed by atoms with Gasteiger partial charge in [-0.05, 0) is 56.5 Å². The Hall–Kier alpha value is -2.20. The van der Waals surface area contributed by atoms with E-state index in [0.29, 0.717) is 5.56 Å². The number of nitrogens with zero attached hydrogens (tertiary/aromatic N) is 1. The molecule has 2 aromatic carbocycles. The highest BCUT2D eigenvalue weighted by Gasteiger charge is 2.13. The van der Waals surface area contributed by atoms with Gasteiger partial charge in [-0.15, -0.1) is 11.3 Å². The Kier molecular flexibility index (Phi) is 3.71. The second-order valence-electron chi connectivity index (χ2n) is 5.72. The van der Waals surface area contributed by atoms with Gasteiger partial charge in [0.1, 0.15) is 0 Å². The molecule has 1 aromatic heterocycles. The van der Waals surface area contributed by atoms with Crippen molar-refractivity contribution < 1.29 is 4.79 Å². The summed E-state index contributed by atoms with van der Waals surface area (Å²) in [5.41, 5.74) is 8.77. The molecule has 0 aliphatic rings. The van der Waals surface area contributed by atoms with Crippen LogP contribution in [0.4, 0.5) is 5.69 Å². The number of amides is 1. The minimum absolute atomic E-state index is 0.0755. The highest BCUT2D eigenvalue weighted by atomic mass is 32.1. The predicted molar refractivity (Wildman–Crippen MR) is 93.0 cm³/mol. The van der Waals surface area contributed by atoms with E-state index < -0.39 is 0 Å². The second-order valence-corrected chi connectivity index (χ2v) is 6.61. The van der Waals surface area contributed by atoms with Crippen LogP contribution in [0.25, 0.3) is 10.2 Å². The lowest BCUT2D eigenvalue weighted by Crippen LogP contribution is -2.14. The van der Waals surface area contributed by atoms with Crippen LogP contribution >= 0.6 is 11.3 Å². The number of nitrogens with one attached hydrogen (secondary N) is 1. The van der Waals surface area contributed by atoms with Gasteiger partial charge < -0.3 is 5.32 Å². The van der Waals surface area contributed by atoms with E-state index in [1.165, 1.54) is 5.56 Å². The molecule has 3 rings (SSSR count). The molecule has 0 unspecified atom stereocenters. The average Bonchev–Trinajstić information content (AvgIpc) is 2.91.